The highest BCUT2D eigenvalue weighted by atomic mass is 16.6. The fourth-order valence-electron chi connectivity index (χ4n) is 2.64. The van der Waals surface area contributed by atoms with Gasteiger partial charge in [0, 0.05) is 17.4 Å². The molecule has 1 amide bonds. The molecule has 0 saturated carbocycles. The van der Waals surface area contributed by atoms with Crippen LogP contribution in [0.3, 0.4) is 0 Å². The van der Waals surface area contributed by atoms with Gasteiger partial charge in [-0.1, -0.05) is 17.7 Å². The van der Waals surface area contributed by atoms with Gasteiger partial charge in [0.15, 0.2) is 11.5 Å². The Hall–Kier alpha value is -2.69. The molecule has 2 aromatic rings. The monoisotopic (exact) mass is 326 g/mol. The Morgan fingerprint density at radius 2 is 1.79 bits per heavy atom. The summed E-state index contributed by atoms with van der Waals surface area (Å²) in [6, 6.07) is 11.2. The van der Waals surface area contributed by atoms with Crippen molar-refractivity contribution >= 4 is 17.3 Å². The van der Waals surface area contributed by atoms with E-state index in [1.807, 2.05) is 51.1 Å². The predicted molar refractivity (Wildman–Crippen MR) is 95.1 cm³/mol. The molecule has 5 heteroatoms. The van der Waals surface area contributed by atoms with Gasteiger partial charge in [-0.25, -0.2) is 0 Å². The lowest BCUT2D eigenvalue weighted by Crippen LogP contribution is -2.32. The zero-order valence-corrected chi connectivity index (χ0v) is 14.2. The Bertz CT molecular complexity index is 758. The molecule has 1 atom stereocenters. The van der Waals surface area contributed by atoms with Gasteiger partial charge in [-0.2, -0.15) is 0 Å². The third-order valence-electron chi connectivity index (χ3n) is 3.96. The van der Waals surface area contributed by atoms with Crippen molar-refractivity contribution in [1.82, 2.24) is 0 Å². The molecule has 0 saturated heterocycles. The molecule has 0 radical (unpaired) electrons. The van der Waals surface area contributed by atoms with Crippen LogP contribution in [0.25, 0.3) is 0 Å². The van der Waals surface area contributed by atoms with Crippen molar-refractivity contribution in [3.63, 3.8) is 0 Å². The maximum atomic E-state index is 12.4. The molecule has 1 heterocycles. The van der Waals surface area contributed by atoms with Gasteiger partial charge < -0.3 is 20.1 Å². The minimum absolute atomic E-state index is 0.0863. The molecule has 1 aliphatic heterocycles. The SMILES string of the molecule is Cc1ccc(NC(=O)C(C)Nc2ccc3c(c2)OCCO3)c(C)c1. The first kappa shape index (κ1) is 16.2. The minimum Gasteiger partial charge on any atom is -0.486 e. The highest BCUT2D eigenvalue weighted by Gasteiger charge is 2.16. The van der Waals surface area contributed by atoms with Crippen molar-refractivity contribution in [3.05, 3.63) is 47.5 Å². The number of rotatable bonds is 4. The van der Waals surface area contributed by atoms with E-state index in [-0.39, 0.29) is 11.9 Å². The number of nitrogens with one attached hydrogen (secondary N) is 2. The number of hydrogen-bond acceptors (Lipinski definition) is 4. The van der Waals surface area contributed by atoms with Crippen LogP contribution >= 0.6 is 0 Å². The Morgan fingerprint density at radius 3 is 2.54 bits per heavy atom. The van der Waals surface area contributed by atoms with Crippen molar-refractivity contribution in [2.45, 2.75) is 26.8 Å². The fourth-order valence-corrected chi connectivity index (χ4v) is 2.64. The van der Waals surface area contributed by atoms with E-state index >= 15 is 0 Å². The van der Waals surface area contributed by atoms with Crippen LogP contribution in [-0.2, 0) is 4.79 Å². The summed E-state index contributed by atoms with van der Waals surface area (Å²) in [6.07, 6.45) is 0. The zero-order chi connectivity index (χ0) is 17.1. The number of aryl methyl sites for hydroxylation is 2. The smallest absolute Gasteiger partial charge is 0.246 e. The van der Waals surface area contributed by atoms with E-state index in [9.17, 15) is 4.79 Å². The Kier molecular flexibility index (Phi) is 4.60. The minimum atomic E-state index is -0.381. The van der Waals surface area contributed by atoms with Crippen molar-refractivity contribution in [2.75, 3.05) is 23.8 Å². The molecule has 3 rings (SSSR count). The number of amides is 1. The number of anilines is 2. The number of fused-ring (bicyclic) bond motifs is 1. The van der Waals surface area contributed by atoms with Crippen LogP contribution in [0.5, 0.6) is 11.5 Å². The molecule has 2 aromatic carbocycles. The standard InChI is InChI=1S/C19H22N2O3/c1-12-4-6-16(13(2)10-12)21-19(22)14(3)20-15-5-7-17-18(11-15)24-9-8-23-17/h4-7,10-11,14,20H,8-9H2,1-3H3,(H,21,22). The van der Waals surface area contributed by atoms with Crippen molar-refractivity contribution < 1.29 is 14.3 Å². The molecule has 126 valence electrons. The lowest BCUT2D eigenvalue weighted by Gasteiger charge is -2.21. The number of carbonyl (C=O) groups is 1. The van der Waals surface area contributed by atoms with Gasteiger partial charge in [-0.3, -0.25) is 4.79 Å². The van der Waals surface area contributed by atoms with Gasteiger partial charge in [-0.15, -0.1) is 0 Å². The van der Waals surface area contributed by atoms with E-state index in [1.54, 1.807) is 0 Å². The summed E-state index contributed by atoms with van der Waals surface area (Å²) in [7, 11) is 0. The second-order valence-electron chi connectivity index (χ2n) is 6.03. The molecule has 24 heavy (non-hydrogen) atoms. The van der Waals surface area contributed by atoms with Crippen molar-refractivity contribution in [3.8, 4) is 11.5 Å². The molecule has 0 aliphatic carbocycles. The highest BCUT2D eigenvalue weighted by Crippen LogP contribution is 2.32. The van der Waals surface area contributed by atoms with E-state index in [4.69, 9.17) is 9.47 Å². The van der Waals surface area contributed by atoms with Crippen molar-refractivity contribution in [2.24, 2.45) is 0 Å². The lowest BCUT2D eigenvalue weighted by atomic mass is 10.1. The van der Waals surface area contributed by atoms with E-state index < -0.39 is 0 Å². The number of hydrogen-bond donors (Lipinski definition) is 2. The molecule has 0 aromatic heterocycles. The molecule has 1 unspecified atom stereocenters. The molecule has 0 fully saturated rings. The quantitative estimate of drug-likeness (QED) is 0.902. The van der Waals surface area contributed by atoms with Gasteiger partial charge in [0.05, 0.1) is 0 Å². The van der Waals surface area contributed by atoms with Crippen LogP contribution in [0.15, 0.2) is 36.4 Å². The molecular weight excluding hydrogens is 304 g/mol. The topological polar surface area (TPSA) is 59.6 Å². The first-order valence-electron chi connectivity index (χ1n) is 8.07. The summed E-state index contributed by atoms with van der Waals surface area (Å²) in [5, 5.41) is 6.16. The number of benzene rings is 2. The van der Waals surface area contributed by atoms with Gasteiger partial charge in [0.1, 0.15) is 19.3 Å². The first-order chi connectivity index (χ1) is 11.5. The largest absolute Gasteiger partial charge is 0.486 e. The number of ether oxygens (including phenoxy) is 2. The summed E-state index contributed by atoms with van der Waals surface area (Å²) in [5.74, 6) is 1.35. The van der Waals surface area contributed by atoms with Crippen LogP contribution in [0.4, 0.5) is 11.4 Å². The average molecular weight is 326 g/mol. The van der Waals surface area contributed by atoms with E-state index in [0.717, 1.165) is 22.7 Å². The molecule has 0 bridgehead atoms. The van der Waals surface area contributed by atoms with Gasteiger partial charge >= 0.3 is 0 Å². The number of carbonyl (C=O) groups excluding carboxylic acids is 1. The molecule has 0 spiro atoms. The lowest BCUT2D eigenvalue weighted by molar-refractivity contribution is -0.116. The first-order valence-corrected chi connectivity index (χ1v) is 8.07. The molecule has 1 aliphatic rings. The Labute approximate surface area is 142 Å². The average Bonchev–Trinajstić information content (AvgIpc) is 2.57. The summed E-state index contributed by atoms with van der Waals surface area (Å²) >= 11 is 0. The van der Waals surface area contributed by atoms with E-state index in [1.165, 1.54) is 5.56 Å². The summed E-state index contributed by atoms with van der Waals surface area (Å²) in [6.45, 7) is 6.95. The van der Waals surface area contributed by atoms with Gasteiger partial charge in [0.25, 0.3) is 0 Å². The maximum Gasteiger partial charge on any atom is 0.246 e. The summed E-state index contributed by atoms with van der Waals surface area (Å²) < 4.78 is 11.1. The summed E-state index contributed by atoms with van der Waals surface area (Å²) in [5.41, 5.74) is 3.88. The summed E-state index contributed by atoms with van der Waals surface area (Å²) in [4.78, 5) is 12.4. The normalized spacial score (nSPS) is 14.0. The second-order valence-corrected chi connectivity index (χ2v) is 6.03. The van der Waals surface area contributed by atoms with Crippen LogP contribution in [0.1, 0.15) is 18.1 Å². The van der Waals surface area contributed by atoms with Crippen LogP contribution < -0.4 is 20.1 Å². The van der Waals surface area contributed by atoms with Crippen LogP contribution in [-0.4, -0.2) is 25.2 Å². The van der Waals surface area contributed by atoms with Crippen molar-refractivity contribution in [1.29, 1.82) is 0 Å². The highest BCUT2D eigenvalue weighted by molar-refractivity contribution is 5.96. The third-order valence-corrected chi connectivity index (χ3v) is 3.96. The Morgan fingerprint density at radius 1 is 1.04 bits per heavy atom. The second kappa shape index (κ2) is 6.83. The molecule has 2 N–H and O–H groups in total. The van der Waals surface area contributed by atoms with E-state index in [2.05, 4.69) is 16.7 Å². The molecular formula is C19H22N2O3. The van der Waals surface area contributed by atoms with E-state index in [0.29, 0.717) is 19.0 Å². The maximum absolute atomic E-state index is 12.4. The van der Waals surface area contributed by atoms with Crippen LogP contribution in [0.2, 0.25) is 0 Å². The third kappa shape index (κ3) is 3.62. The van der Waals surface area contributed by atoms with Gasteiger partial charge in [-0.05, 0) is 44.5 Å². The molecule has 5 nitrogen and oxygen atoms in total. The van der Waals surface area contributed by atoms with Crippen LogP contribution in [0, 0.1) is 13.8 Å². The fraction of sp³-hybridized carbons (Fsp3) is 0.316. The predicted octanol–water partition coefficient (Wildman–Crippen LogP) is 3.51. The Balaban J connectivity index is 1.65. The zero-order valence-electron chi connectivity index (χ0n) is 14.2. The van der Waals surface area contributed by atoms with Gasteiger partial charge in [0.2, 0.25) is 5.91 Å².